The van der Waals surface area contributed by atoms with Crippen LogP contribution in [0, 0.1) is 0 Å². The van der Waals surface area contributed by atoms with Gasteiger partial charge in [0.2, 0.25) is 0 Å². The number of carbonyl (C=O) groups excluding carboxylic acids is 1. The van der Waals surface area contributed by atoms with E-state index in [0.29, 0.717) is 17.9 Å². The second-order valence-electron chi connectivity index (χ2n) is 3.14. The van der Waals surface area contributed by atoms with Crippen molar-refractivity contribution in [2.24, 2.45) is 0 Å². The van der Waals surface area contributed by atoms with E-state index in [1.165, 1.54) is 0 Å². The number of benzene rings is 1. The number of hydrogen-bond donors (Lipinski definition) is 1. The molecule has 0 bridgehead atoms. The molecule has 15 heavy (non-hydrogen) atoms. The van der Waals surface area contributed by atoms with Gasteiger partial charge in [0.05, 0.1) is 5.39 Å². The molecular formula is C12H11NO2. The van der Waals surface area contributed by atoms with Gasteiger partial charge in [0, 0.05) is 17.3 Å². The minimum Gasteiger partial charge on any atom is -0.489 e. The maximum Gasteiger partial charge on any atom is 0.152 e. The van der Waals surface area contributed by atoms with Crippen molar-refractivity contribution in [1.82, 2.24) is 4.98 Å². The van der Waals surface area contributed by atoms with Crippen LogP contribution in [0.25, 0.3) is 10.9 Å². The first-order valence-corrected chi connectivity index (χ1v) is 4.66. The lowest BCUT2D eigenvalue weighted by atomic mass is 10.2. The van der Waals surface area contributed by atoms with Crippen molar-refractivity contribution in [3.05, 3.63) is 42.6 Å². The van der Waals surface area contributed by atoms with Gasteiger partial charge >= 0.3 is 0 Å². The van der Waals surface area contributed by atoms with Crippen LogP contribution in [0.1, 0.15) is 10.4 Å². The van der Waals surface area contributed by atoms with Crippen molar-refractivity contribution in [2.45, 2.75) is 0 Å². The zero-order valence-corrected chi connectivity index (χ0v) is 8.19. The average molecular weight is 201 g/mol. The number of aromatic nitrogens is 1. The topological polar surface area (TPSA) is 42.1 Å². The van der Waals surface area contributed by atoms with E-state index < -0.39 is 0 Å². The summed E-state index contributed by atoms with van der Waals surface area (Å²) in [5.41, 5.74) is 1.52. The Morgan fingerprint density at radius 2 is 2.33 bits per heavy atom. The van der Waals surface area contributed by atoms with Gasteiger partial charge in [-0.15, -0.1) is 0 Å². The van der Waals surface area contributed by atoms with Gasteiger partial charge in [-0.1, -0.05) is 18.7 Å². The van der Waals surface area contributed by atoms with Crippen LogP contribution in [0.2, 0.25) is 0 Å². The summed E-state index contributed by atoms with van der Waals surface area (Å²) in [6.07, 6.45) is 4.17. The van der Waals surface area contributed by atoms with E-state index in [9.17, 15) is 4.79 Å². The summed E-state index contributed by atoms with van der Waals surface area (Å²) in [7, 11) is 0. The van der Waals surface area contributed by atoms with E-state index in [2.05, 4.69) is 11.6 Å². The van der Waals surface area contributed by atoms with Crippen LogP contribution in [0.15, 0.2) is 37.1 Å². The molecule has 0 unspecified atom stereocenters. The van der Waals surface area contributed by atoms with Gasteiger partial charge in [-0.2, -0.15) is 0 Å². The van der Waals surface area contributed by atoms with Crippen LogP contribution in [-0.4, -0.2) is 17.9 Å². The SMILES string of the molecule is C=CCOc1cccc2[nH]cc(C=O)c12. The van der Waals surface area contributed by atoms with Crippen LogP contribution >= 0.6 is 0 Å². The number of hydrogen-bond acceptors (Lipinski definition) is 2. The standard InChI is InChI=1S/C12H11NO2/c1-2-6-15-11-5-3-4-10-12(11)9(8-14)7-13-10/h2-5,7-8,13H,1,6H2. The average Bonchev–Trinajstić information content (AvgIpc) is 2.69. The van der Waals surface area contributed by atoms with Crippen molar-refractivity contribution < 1.29 is 9.53 Å². The molecule has 1 aromatic heterocycles. The molecule has 1 heterocycles. The summed E-state index contributed by atoms with van der Waals surface area (Å²) < 4.78 is 5.47. The first-order valence-electron chi connectivity index (χ1n) is 4.66. The molecule has 0 amide bonds. The normalized spacial score (nSPS) is 10.1. The number of rotatable bonds is 4. The Bertz CT molecular complexity index is 499. The lowest BCUT2D eigenvalue weighted by molar-refractivity contribution is 0.112. The molecule has 0 radical (unpaired) electrons. The van der Waals surface area contributed by atoms with Crippen molar-refractivity contribution in [3.63, 3.8) is 0 Å². The Morgan fingerprint density at radius 3 is 3.07 bits per heavy atom. The monoisotopic (exact) mass is 201 g/mol. The van der Waals surface area contributed by atoms with E-state index in [-0.39, 0.29) is 0 Å². The van der Waals surface area contributed by atoms with E-state index >= 15 is 0 Å². The van der Waals surface area contributed by atoms with Gasteiger partial charge in [-0.25, -0.2) is 0 Å². The molecule has 0 saturated heterocycles. The molecule has 1 aromatic carbocycles. The summed E-state index contributed by atoms with van der Waals surface area (Å²) in [6, 6.07) is 5.63. The Kier molecular flexibility index (Phi) is 2.54. The molecule has 1 N–H and O–H groups in total. The Balaban J connectivity index is 2.56. The number of ether oxygens (including phenoxy) is 1. The fraction of sp³-hybridized carbons (Fsp3) is 0.0833. The summed E-state index contributed by atoms with van der Waals surface area (Å²) in [5.74, 6) is 0.704. The van der Waals surface area contributed by atoms with Gasteiger partial charge in [0.15, 0.2) is 6.29 Å². The molecule has 0 atom stereocenters. The fourth-order valence-electron chi connectivity index (χ4n) is 1.54. The number of carbonyl (C=O) groups is 1. The highest BCUT2D eigenvalue weighted by atomic mass is 16.5. The number of H-pyrrole nitrogens is 1. The third-order valence-corrected chi connectivity index (χ3v) is 2.18. The second-order valence-corrected chi connectivity index (χ2v) is 3.14. The van der Waals surface area contributed by atoms with Gasteiger partial charge < -0.3 is 9.72 Å². The number of nitrogens with one attached hydrogen (secondary N) is 1. The lowest BCUT2D eigenvalue weighted by Crippen LogP contribution is -1.93. The maximum absolute atomic E-state index is 10.8. The largest absolute Gasteiger partial charge is 0.489 e. The fourth-order valence-corrected chi connectivity index (χ4v) is 1.54. The molecule has 2 rings (SSSR count). The molecule has 0 aliphatic heterocycles. The van der Waals surface area contributed by atoms with Gasteiger partial charge in [0.25, 0.3) is 0 Å². The highest BCUT2D eigenvalue weighted by Gasteiger charge is 2.07. The highest BCUT2D eigenvalue weighted by Crippen LogP contribution is 2.27. The zero-order chi connectivity index (χ0) is 10.7. The number of aldehydes is 1. The predicted octanol–water partition coefficient (Wildman–Crippen LogP) is 2.55. The number of fused-ring (bicyclic) bond motifs is 1. The van der Waals surface area contributed by atoms with E-state index in [4.69, 9.17) is 4.74 Å². The van der Waals surface area contributed by atoms with Crippen molar-refractivity contribution in [1.29, 1.82) is 0 Å². The Morgan fingerprint density at radius 1 is 1.47 bits per heavy atom. The predicted molar refractivity (Wildman–Crippen MR) is 59.4 cm³/mol. The third-order valence-electron chi connectivity index (χ3n) is 2.18. The van der Waals surface area contributed by atoms with Crippen molar-refractivity contribution in [3.8, 4) is 5.75 Å². The third kappa shape index (κ3) is 1.64. The number of aromatic amines is 1. The minimum atomic E-state index is 0.433. The van der Waals surface area contributed by atoms with Crippen molar-refractivity contribution in [2.75, 3.05) is 6.61 Å². The molecule has 3 nitrogen and oxygen atoms in total. The molecule has 76 valence electrons. The zero-order valence-electron chi connectivity index (χ0n) is 8.19. The summed E-state index contributed by atoms with van der Waals surface area (Å²) in [4.78, 5) is 13.8. The summed E-state index contributed by atoms with van der Waals surface area (Å²) in [6.45, 7) is 4.02. The minimum absolute atomic E-state index is 0.433. The van der Waals surface area contributed by atoms with E-state index in [1.807, 2.05) is 18.2 Å². The summed E-state index contributed by atoms with van der Waals surface area (Å²) >= 11 is 0. The quantitative estimate of drug-likeness (QED) is 0.610. The van der Waals surface area contributed by atoms with Crippen LogP contribution in [0.3, 0.4) is 0 Å². The molecule has 2 aromatic rings. The van der Waals surface area contributed by atoms with E-state index in [1.54, 1.807) is 12.3 Å². The van der Waals surface area contributed by atoms with Gasteiger partial charge in [-0.05, 0) is 12.1 Å². The van der Waals surface area contributed by atoms with Gasteiger partial charge in [0.1, 0.15) is 12.4 Å². The van der Waals surface area contributed by atoms with Crippen LogP contribution in [0.5, 0.6) is 5.75 Å². The Labute approximate surface area is 87.4 Å². The molecular weight excluding hydrogens is 190 g/mol. The molecule has 0 spiro atoms. The van der Waals surface area contributed by atoms with Crippen LogP contribution in [0.4, 0.5) is 0 Å². The second kappa shape index (κ2) is 4.00. The maximum atomic E-state index is 10.8. The van der Waals surface area contributed by atoms with E-state index in [0.717, 1.165) is 17.2 Å². The van der Waals surface area contributed by atoms with Crippen LogP contribution in [-0.2, 0) is 0 Å². The van der Waals surface area contributed by atoms with Gasteiger partial charge in [-0.3, -0.25) is 4.79 Å². The van der Waals surface area contributed by atoms with Crippen LogP contribution < -0.4 is 4.74 Å². The van der Waals surface area contributed by atoms with Crippen molar-refractivity contribution >= 4 is 17.2 Å². The molecule has 0 aliphatic rings. The smallest absolute Gasteiger partial charge is 0.152 e. The lowest BCUT2D eigenvalue weighted by Gasteiger charge is -2.04. The first-order chi connectivity index (χ1) is 7.36. The molecule has 0 aliphatic carbocycles. The first kappa shape index (κ1) is 9.52. The Hall–Kier alpha value is -2.03. The summed E-state index contributed by atoms with van der Waals surface area (Å²) in [5, 5.41) is 0.828. The molecule has 3 heteroatoms. The molecule has 0 fully saturated rings. The highest BCUT2D eigenvalue weighted by molar-refractivity contribution is 6.00. The molecule has 0 saturated carbocycles.